The van der Waals surface area contributed by atoms with E-state index >= 15 is 0 Å². The van der Waals surface area contributed by atoms with Crippen LogP contribution in [0.1, 0.15) is 0 Å². The SMILES string of the molecule is O=[SH](=[N+]=Nc1ccncc1)OOO. The van der Waals surface area contributed by atoms with Crippen molar-refractivity contribution in [2.45, 2.75) is 0 Å². The average molecular weight is 204 g/mol. The van der Waals surface area contributed by atoms with E-state index in [9.17, 15) is 4.21 Å². The first-order chi connectivity index (χ1) is 6.33. The molecule has 1 aromatic heterocycles. The molecule has 0 aromatic carbocycles. The predicted octanol–water partition coefficient (Wildman–Crippen LogP) is 0.233. The van der Waals surface area contributed by atoms with Crippen LogP contribution in [0.5, 0.6) is 0 Å². The number of hydrogen-bond donors (Lipinski definition) is 2. The zero-order valence-electron chi connectivity index (χ0n) is 6.27. The van der Waals surface area contributed by atoms with Gasteiger partial charge >= 0.3 is 10.9 Å². The summed E-state index contributed by atoms with van der Waals surface area (Å²) in [5.41, 5.74) is 0.472. The van der Waals surface area contributed by atoms with Gasteiger partial charge in [0.2, 0.25) is 0 Å². The van der Waals surface area contributed by atoms with Crippen molar-refractivity contribution in [2.75, 3.05) is 0 Å². The van der Waals surface area contributed by atoms with Crippen molar-refractivity contribution in [3.63, 3.8) is 0 Å². The van der Waals surface area contributed by atoms with Crippen LogP contribution in [-0.2, 0) is 20.2 Å². The number of hydrogen-bond acceptors (Lipinski definition) is 6. The first kappa shape index (κ1) is 9.78. The second kappa shape index (κ2) is 5.36. The first-order valence-electron chi connectivity index (χ1n) is 3.10. The highest BCUT2D eigenvalue weighted by Crippen LogP contribution is 2.05. The molecule has 0 radical (unpaired) electrons. The molecule has 0 aliphatic rings. The third kappa shape index (κ3) is 3.74. The van der Waals surface area contributed by atoms with Crippen LogP contribution in [0.25, 0.3) is 0 Å². The summed E-state index contributed by atoms with van der Waals surface area (Å²) in [6, 6.07) is 3.12. The van der Waals surface area contributed by atoms with E-state index in [1.54, 1.807) is 12.1 Å². The molecule has 0 saturated carbocycles. The van der Waals surface area contributed by atoms with Crippen molar-refractivity contribution in [3.8, 4) is 0 Å². The quantitative estimate of drug-likeness (QED) is 0.241. The molecule has 1 heterocycles. The van der Waals surface area contributed by atoms with Crippen molar-refractivity contribution in [1.29, 1.82) is 0 Å². The fraction of sp³-hybridized carbons (Fsp3) is 0. The Morgan fingerprint density at radius 3 is 2.85 bits per heavy atom. The molecule has 0 aliphatic carbocycles. The Labute approximate surface area is 74.9 Å². The van der Waals surface area contributed by atoms with E-state index in [1.807, 2.05) is 0 Å². The Bertz CT molecular complexity index is 369. The molecule has 1 unspecified atom stereocenters. The number of thiol groups is 1. The molecule has 8 heteroatoms. The molecule has 0 fully saturated rings. The maximum atomic E-state index is 10.6. The van der Waals surface area contributed by atoms with Gasteiger partial charge in [-0.1, -0.05) is 5.04 Å². The van der Waals surface area contributed by atoms with Crippen LogP contribution in [0.2, 0.25) is 0 Å². The lowest BCUT2D eigenvalue weighted by molar-refractivity contribution is -0.434. The van der Waals surface area contributed by atoms with E-state index in [2.05, 4.69) is 23.6 Å². The number of pyridine rings is 1. The zero-order chi connectivity index (χ0) is 9.52. The standard InChI is InChI=1S/C5H5N3O4S/c9-11-12-13(10)8-7-5-1-3-6-4-2-5/h1-4,13H/p+1. The summed E-state index contributed by atoms with van der Waals surface area (Å²) in [6.45, 7) is 0. The number of rotatable bonds is 3. The monoisotopic (exact) mass is 204 g/mol. The van der Waals surface area contributed by atoms with Crippen LogP contribution in [0.15, 0.2) is 29.6 Å². The smallest absolute Gasteiger partial charge is 0.265 e. The molecule has 13 heavy (non-hydrogen) atoms. The van der Waals surface area contributed by atoms with E-state index < -0.39 is 10.9 Å². The summed E-state index contributed by atoms with van der Waals surface area (Å²) in [5, 5.41) is 14.4. The topological polar surface area (TPSA) is 95.1 Å². The minimum Gasteiger partial charge on any atom is -0.265 e. The number of aromatic nitrogens is 1. The van der Waals surface area contributed by atoms with Crippen molar-refractivity contribution in [1.82, 2.24) is 9.14 Å². The molecule has 1 atom stereocenters. The largest absolute Gasteiger partial charge is 0.443 e. The summed E-state index contributed by atoms with van der Waals surface area (Å²) in [7, 11) is -2.49. The minimum absolute atomic E-state index is 0.472. The minimum atomic E-state index is -2.49. The highest BCUT2D eigenvalue weighted by molar-refractivity contribution is 7.68. The van der Waals surface area contributed by atoms with Crippen molar-refractivity contribution < 1.29 is 18.8 Å². The molecule has 0 bridgehead atoms. The normalized spacial score (nSPS) is 11.8. The Kier molecular flexibility index (Phi) is 4.03. The van der Waals surface area contributed by atoms with Crippen LogP contribution in [0.4, 0.5) is 5.69 Å². The number of nitrogens with zero attached hydrogens (tertiary/aromatic N) is 3. The van der Waals surface area contributed by atoms with Gasteiger partial charge in [-0.05, 0) is 16.5 Å². The third-order valence-corrected chi connectivity index (χ3v) is 1.42. The van der Waals surface area contributed by atoms with Gasteiger partial charge in [0.05, 0.1) is 0 Å². The summed E-state index contributed by atoms with van der Waals surface area (Å²) in [4.78, 5) is 3.74. The molecule has 0 aliphatic heterocycles. The van der Waals surface area contributed by atoms with Gasteiger partial charge in [-0.3, -0.25) is 4.98 Å². The van der Waals surface area contributed by atoms with Gasteiger partial charge in [0, 0.05) is 12.4 Å². The summed E-state index contributed by atoms with van der Waals surface area (Å²) >= 11 is 0. The van der Waals surface area contributed by atoms with Crippen molar-refractivity contribution in [3.05, 3.63) is 24.5 Å². The molecular formula is C5H6N3O4S+. The maximum absolute atomic E-state index is 10.6. The lowest BCUT2D eigenvalue weighted by Gasteiger charge is -1.78. The lowest BCUT2D eigenvalue weighted by atomic mass is 10.4. The van der Waals surface area contributed by atoms with Crippen LogP contribution in [0.3, 0.4) is 0 Å². The van der Waals surface area contributed by atoms with Gasteiger partial charge in [-0.2, -0.15) is 4.21 Å². The Hall–Kier alpha value is -1.31. The van der Waals surface area contributed by atoms with Gasteiger partial charge in [0.25, 0.3) is 0 Å². The van der Waals surface area contributed by atoms with Gasteiger partial charge < -0.3 is 0 Å². The molecule has 0 saturated heterocycles. The zero-order valence-corrected chi connectivity index (χ0v) is 7.16. The molecule has 70 valence electrons. The first-order valence-corrected chi connectivity index (χ1v) is 4.23. The Balaban J connectivity index is 2.79. The molecule has 0 spiro atoms. The molecule has 7 nitrogen and oxygen atoms in total. The molecule has 1 N–H and O–H groups in total. The highest BCUT2D eigenvalue weighted by atomic mass is 32.2. The van der Waals surface area contributed by atoms with Crippen molar-refractivity contribution >= 4 is 16.6 Å². The van der Waals surface area contributed by atoms with E-state index in [0.717, 1.165) is 0 Å². The average Bonchev–Trinajstić information content (AvgIpc) is 2.17. The summed E-state index contributed by atoms with van der Waals surface area (Å²) < 4.78 is 17.5. The van der Waals surface area contributed by atoms with Gasteiger partial charge in [-0.15, -0.1) is 0 Å². The molecule has 1 rings (SSSR count). The molecule has 1 aromatic rings. The van der Waals surface area contributed by atoms with E-state index in [-0.39, 0.29) is 0 Å². The maximum Gasteiger partial charge on any atom is 0.443 e. The van der Waals surface area contributed by atoms with E-state index in [1.165, 1.54) is 12.4 Å². The van der Waals surface area contributed by atoms with Crippen LogP contribution in [0, 0.1) is 0 Å². The second-order valence-corrected chi connectivity index (χ2v) is 2.59. The predicted molar refractivity (Wildman–Crippen MR) is 42.8 cm³/mol. The fourth-order valence-electron chi connectivity index (χ4n) is 0.542. The van der Waals surface area contributed by atoms with Gasteiger partial charge in [0.15, 0.2) is 9.85 Å². The lowest BCUT2D eigenvalue weighted by Crippen LogP contribution is -1.87. The summed E-state index contributed by atoms with van der Waals surface area (Å²) in [6.07, 6.45) is 3.01. The molecule has 0 amide bonds. The Morgan fingerprint density at radius 1 is 1.54 bits per heavy atom. The second-order valence-electron chi connectivity index (χ2n) is 1.78. The van der Waals surface area contributed by atoms with Gasteiger partial charge in [-0.25, -0.2) is 5.26 Å². The van der Waals surface area contributed by atoms with E-state index in [0.29, 0.717) is 5.69 Å². The highest BCUT2D eigenvalue weighted by Gasteiger charge is 1.95. The van der Waals surface area contributed by atoms with Gasteiger partial charge in [0.1, 0.15) is 5.11 Å². The third-order valence-electron chi connectivity index (χ3n) is 0.993. The van der Waals surface area contributed by atoms with E-state index in [4.69, 9.17) is 5.26 Å². The van der Waals surface area contributed by atoms with Crippen LogP contribution < -0.4 is 4.16 Å². The summed E-state index contributed by atoms with van der Waals surface area (Å²) in [5.74, 6) is 0. The van der Waals surface area contributed by atoms with Crippen molar-refractivity contribution in [2.24, 2.45) is 5.11 Å². The molecular weight excluding hydrogens is 198 g/mol. The van der Waals surface area contributed by atoms with Crippen LogP contribution >= 0.6 is 0 Å². The Morgan fingerprint density at radius 2 is 2.23 bits per heavy atom. The van der Waals surface area contributed by atoms with Crippen LogP contribution in [-0.4, -0.2) is 14.5 Å². The fourth-order valence-corrected chi connectivity index (χ4v) is 0.805.